The summed E-state index contributed by atoms with van der Waals surface area (Å²) in [7, 11) is 0. The van der Waals surface area contributed by atoms with Gasteiger partial charge in [0.15, 0.2) is 0 Å². The number of rotatable bonds is 1. The molecule has 1 aromatic rings. The number of nitrogens with zero attached hydrogens (tertiary/aromatic N) is 3. The van der Waals surface area contributed by atoms with Crippen molar-refractivity contribution in [3.8, 4) is 0 Å². The Morgan fingerprint density at radius 1 is 1.43 bits per heavy atom. The Hall–Kier alpha value is -0.480. The number of aromatic nitrogens is 2. The average molecular weight is 209 g/mol. The number of hydrogen-bond donors (Lipinski definition) is 0. The van der Waals surface area contributed by atoms with Crippen LogP contribution in [0.25, 0.3) is 0 Å². The molecule has 3 unspecified atom stereocenters. The monoisotopic (exact) mass is 209 g/mol. The van der Waals surface area contributed by atoms with Crippen LogP contribution in [0.4, 0.5) is 0 Å². The predicted octanol–water partition coefficient (Wildman–Crippen LogP) is 1.66. The zero-order chi connectivity index (χ0) is 9.54. The highest BCUT2D eigenvalue weighted by Crippen LogP contribution is 2.38. The molecule has 3 heterocycles. The Bertz CT molecular complexity index is 336. The van der Waals surface area contributed by atoms with Crippen molar-refractivity contribution in [2.24, 2.45) is 5.92 Å². The van der Waals surface area contributed by atoms with Crippen molar-refractivity contribution in [1.82, 2.24) is 14.3 Å². The first kappa shape index (κ1) is 8.80. The van der Waals surface area contributed by atoms with Gasteiger partial charge in [0.2, 0.25) is 0 Å². The largest absolute Gasteiger partial charge is 0.302 e. The molecule has 0 N–H and O–H groups in total. The molecule has 14 heavy (non-hydrogen) atoms. The summed E-state index contributed by atoms with van der Waals surface area (Å²) in [5.41, 5.74) is 0. The van der Waals surface area contributed by atoms with Crippen molar-refractivity contribution in [2.75, 3.05) is 19.6 Å². The van der Waals surface area contributed by atoms with E-state index in [0.29, 0.717) is 5.92 Å². The maximum absolute atomic E-state index is 4.53. The van der Waals surface area contributed by atoms with Gasteiger partial charge in [-0.1, -0.05) is 0 Å². The van der Waals surface area contributed by atoms with Gasteiger partial charge in [-0.2, -0.15) is 4.37 Å². The van der Waals surface area contributed by atoms with E-state index in [4.69, 9.17) is 0 Å². The minimum atomic E-state index is 0.684. The van der Waals surface area contributed by atoms with Crippen LogP contribution in [0.5, 0.6) is 0 Å². The van der Waals surface area contributed by atoms with Gasteiger partial charge in [0, 0.05) is 19.0 Å². The van der Waals surface area contributed by atoms with Gasteiger partial charge in [-0.3, -0.25) is 0 Å². The maximum atomic E-state index is 4.53. The van der Waals surface area contributed by atoms with E-state index in [0.717, 1.165) is 11.7 Å². The van der Waals surface area contributed by atoms with E-state index in [-0.39, 0.29) is 0 Å². The molecule has 2 aliphatic heterocycles. The fourth-order valence-corrected chi connectivity index (χ4v) is 3.60. The second kappa shape index (κ2) is 3.28. The molecular formula is C10H15N3S. The molecule has 3 atom stereocenters. The minimum absolute atomic E-state index is 0.684. The van der Waals surface area contributed by atoms with E-state index in [1.165, 1.54) is 37.5 Å². The number of aryl methyl sites for hydroxylation is 1. The van der Waals surface area contributed by atoms with Gasteiger partial charge in [0.25, 0.3) is 0 Å². The highest BCUT2D eigenvalue weighted by Gasteiger charge is 2.37. The van der Waals surface area contributed by atoms with Crippen LogP contribution in [-0.4, -0.2) is 33.9 Å². The quantitative estimate of drug-likeness (QED) is 0.704. The Labute approximate surface area is 88.3 Å². The van der Waals surface area contributed by atoms with Crippen LogP contribution in [0, 0.1) is 12.8 Å². The van der Waals surface area contributed by atoms with E-state index in [2.05, 4.69) is 14.3 Å². The summed E-state index contributed by atoms with van der Waals surface area (Å²) in [4.78, 5) is 7.11. The van der Waals surface area contributed by atoms with Crippen molar-refractivity contribution < 1.29 is 0 Å². The molecule has 4 heteroatoms. The lowest BCUT2D eigenvalue weighted by Crippen LogP contribution is -2.25. The summed E-state index contributed by atoms with van der Waals surface area (Å²) in [6.45, 7) is 5.80. The Morgan fingerprint density at radius 3 is 3.07 bits per heavy atom. The first-order valence-electron chi connectivity index (χ1n) is 5.35. The molecule has 0 aromatic carbocycles. The van der Waals surface area contributed by atoms with Crippen LogP contribution < -0.4 is 0 Å². The van der Waals surface area contributed by atoms with Gasteiger partial charge in [-0.25, -0.2) is 4.98 Å². The fourth-order valence-electron chi connectivity index (χ4n) is 2.76. The predicted molar refractivity (Wildman–Crippen MR) is 56.6 cm³/mol. The van der Waals surface area contributed by atoms with Crippen molar-refractivity contribution >= 4 is 11.5 Å². The van der Waals surface area contributed by atoms with Gasteiger partial charge in [0.05, 0.1) is 0 Å². The zero-order valence-corrected chi connectivity index (χ0v) is 9.26. The Morgan fingerprint density at radius 2 is 2.36 bits per heavy atom. The van der Waals surface area contributed by atoms with Crippen molar-refractivity contribution in [1.29, 1.82) is 0 Å². The molecule has 0 spiro atoms. The Kier molecular flexibility index (Phi) is 2.06. The third-order valence-electron chi connectivity index (χ3n) is 3.43. The fraction of sp³-hybridized carbons (Fsp3) is 0.800. The first-order chi connectivity index (χ1) is 6.83. The smallest absolute Gasteiger partial charge is 0.139 e. The van der Waals surface area contributed by atoms with E-state index < -0.39 is 0 Å². The molecule has 76 valence electrons. The van der Waals surface area contributed by atoms with Gasteiger partial charge in [-0.05, 0) is 43.8 Å². The molecule has 2 aliphatic rings. The van der Waals surface area contributed by atoms with Gasteiger partial charge >= 0.3 is 0 Å². The molecule has 0 amide bonds. The lowest BCUT2D eigenvalue weighted by atomic mass is 9.92. The third kappa shape index (κ3) is 1.37. The average Bonchev–Trinajstić information content (AvgIpc) is 2.71. The summed E-state index contributed by atoms with van der Waals surface area (Å²) in [6, 6.07) is 0. The SMILES string of the molecule is Cc1nsc(C2CN3CCCC2C3)n1. The van der Waals surface area contributed by atoms with Crippen LogP contribution in [0.15, 0.2) is 0 Å². The van der Waals surface area contributed by atoms with Gasteiger partial charge in [-0.15, -0.1) is 0 Å². The molecular weight excluding hydrogens is 194 g/mol. The molecule has 0 radical (unpaired) electrons. The highest BCUT2D eigenvalue weighted by atomic mass is 32.1. The summed E-state index contributed by atoms with van der Waals surface area (Å²) in [5, 5.41) is 1.27. The second-order valence-corrected chi connectivity index (χ2v) is 5.23. The van der Waals surface area contributed by atoms with E-state index in [1.807, 2.05) is 6.92 Å². The summed E-state index contributed by atoms with van der Waals surface area (Å²) >= 11 is 1.61. The first-order valence-corrected chi connectivity index (χ1v) is 6.13. The van der Waals surface area contributed by atoms with Crippen LogP contribution in [0.3, 0.4) is 0 Å². The second-order valence-electron chi connectivity index (χ2n) is 4.45. The topological polar surface area (TPSA) is 29.0 Å². The van der Waals surface area contributed by atoms with Crippen molar-refractivity contribution in [3.63, 3.8) is 0 Å². The van der Waals surface area contributed by atoms with E-state index in [1.54, 1.807) is 11.5 Å². The van der Waals surface area contributed by atoms with Crippen LogP contribution in [0.2, 0.25) is 0 Å². The van der Waals surface area contributed by atoms with Crippen molar-refractivity contribution in [3.05, 3.63) is 10.8 Å². The lowest BCUT2D eigenvalue weighted by molar-refractivity contribution is 0.269. The molecule has 0 saturated carbocycles. The van der Waals surface area contributed by atoms with Crippen LogP contribution >= 0.6 is 11.5 Å². The molecule has 3 rings (SSSR count). The minimum Gasteiger partial charge on any atom is -0.302 e. The molecule has 2 bridgehead atoms. The van der Waals surface area contributed by atoms with Crippen molar-refractivity contribution in [2.45, 2.75) is 25.7 Å². The normalized spacial score (nSPS) is 36.2. The highest BCUT2D eigenvalue weighted by molar-refractivity contribution is 7.05. The van der Waals surface area contributed by atoms with Crippen LogP contribution in [0.1, 0.15) is 29.6 Å². The van der Waals surface area contributed by atoms with E-state index in [9.17, 15) is 0 Å². The third-order valence-corrected chi connectivity index (χ3v) is 4.36. The summed E-state index contributed by atoms with van der Waals surface area (Å²) in [6.07, 6.45) is 2.76. The molecule has 3 nitrogen and oxygen atoms in total. The maximum Gasteiger partial charge on any atom is 0.139 e. The van der Waals surface area contributed by atoms with Gasteiger partial charge < -0.3 is 4.90 Å². The van der Waals surface area contributed by atoms with E-state index >= 15 is 0 Å². The number of fused-ring (bicyclic) bond motifs is 2. The number of piperidine rings is 1. The molecule has 2 saturated heterocycles. The Balaban J connectivity index is 1.85. The lowest BCUT2D eigenvalue weighted by Gasteiger charge is -2.21. The van der Waals surface area contributed by atoms with Gasteiger partial charge in [0.1, 0.15) is 10.8 Å². The summed E-state index contributed by atoms with van der Waals surface area (Å²) < 4.78 is 4.29. The summed E-state index contributed by atoms with van der Waals surface area (Å²) in [5.74, 6) is 2.49. The molecule has 0 aliphatic carbocycles. The molecule has 2 fully saturated rings. The number of hydrogen-bond acceptors (Lipinski definition) is 4. The zero-order valence-electron chi connectivity index (χ0n) is 8.44. The van der Waals surface area contributed by atoms with Crippen LogP contribution in [-0.2, 0) is 0 Å². The standard InChI is InChI=1S/C10H15N3S/c1-7-11-10(14-12-7)9-6-13-4-2-3-8(9)5-13/h8-9H,2-6H2,1H3. The molecule has 1 aromatic heterocycles.